The number of nitrogens with zero attached hydrogens (tertiary/aromatic N) is 1. The second kappa shape index (κ2) is 6.43. The van der Waals surface area contributed by atoms with Crippen LogP contribution in [-0.4, -0.2) is 5.78 Å². The first-order chi connectivity index (χ1) is 10.3. The van der Waals surface area contributed by atoms with E-state index in [1.54, 1.807) is 0 Å². The smallest absolute Gasteiger partial charge is 0.170 e. The molecular weight excluding hydrogens is 373 g/mol. The van der Waals surface area contributed by atoms with Crippen molar-refractivity contribution in [1.82, 2.24) is 0 Å². The number of Topliss-reactive ketones (excluding diaryl/α,β-unsaturated/α-hetero) is 1. The van der Waals surface area contributed by atoms with E-state index in [4.69, 9.17) is 0 Å². The monoisotopic (exact) mass is 389 g/mol. The van der Waals surface area contributed by atoms with Gasteiger partial charge in [0, 0.05) is 23.5 Å². The Kier molecular flexibility index (Phi) is 4.39. The fraction of sp³-hybridized carbons (Fsp3) is 0.167. The first kappa shape index (κ1) is 14.3. The molecule has 0 bridgehead atoms. The lowest BCUT2D eigenvalue weighted by atomic mass is 10.0. The number of carbonyl (C=O) groups excluding carboxylic acids is 1. The highest BCUT2D eigenvalue weighted by atomic mass is 127. The molecule has 2 aromatic rings. The molecule has 2 aromatic carbocycles. The lowest BCUT2D eigenvalue weighted by Crippen LogP contribution is -2.22. The predicted molar refractivity (Wildman–Crippen MR) is 94.9 cm³/mol. The van der Waals surface area contributed by atoms with Gasteiger partial charge in [0.05, 0.1) is 3.58 Å². The van der Waals surface area contributed by atoms with Crippen LogP contribution in [0.15, 0.2) is 69.9 Å². The number of hydrogen-bond acceptors (Lipinski definition) is 2. The summed E-state index contributed by atoms with van der Waals surface area (Å²) in [6, 6.07) is 20.5. The van der Waals surface area contributed by atoms with E-state index in [0.717, 1.165) is 33.5 Å². The van der Waals surface area contributed by atoms with Crippen molar-refractivity contribution in [2.75, 3.05) is 4.90 Å². The van der Waals surface area contributed by atoms with E-state index in [2.05, 4.69) is 51.8 Å². The van der Waals surface area contributed by atoms with E-state index in [1.165, 1.54) is 0 Å². The maximum Gasteiger partial charge on any atom is 0.170 e. The van der Waals surface area contributed by atoms with Gasteiger partial charge in [-0.3, -0.25) is 4.79 Å². The van der Waals surface area contributed by atoms with E-state index in [1.807, 2.05) is 36.4 Å². The van der Waals surface area contributed by atoms with E-state index >= 15 is 0 Å². The van der Waals surface area contributed by atoms with Gasteiger partial charge in [0.15, 0.2) is 5.78 Å². The second-order valence-electron chi connectivity index (χ2n) is 5.04. The number of hydrogen-bond donors (Lipinski definition) is 0. The first-order valence-corrected chi connectivity index (χ1v) is 8.17. The zero-order valence-electron chi connectivity index (χ0n) is 11.6. The first-order valence-electron chi connectivity index (χ1n) is 7.09. The Morgan fingerprint density at radius 1 is 0.810 bits per heavy atom. The van der Waals surface area contributed by atoms with Gasteiger partial charge in [0.2, 0.25) is 0 Å². The van der Waals surface area contributed by atoms with Crippen molar-refractivity contribution in [2.45, 2.75) is 19.3 Å². The SMILES string of the molecule is O=C1CCCC(N(c2ccccc2)c2ccccc2)=C1I. The quantitative estimate of drug-likeness (QED) is 0.671. The zero-order valence-corrected chi connectivity index (χ0v) is 13.8. The van der Waals surface area contributed by atoms with Crippen molar-refractivity contribution in [3.63, 3.8) is 0 Å². The molecular formula is C18H16INO. The number of halogens is 1. The maximum atomic E-state index is 12.1. The van der Waals surface area contributed by atoms with Crippen LogP contribution in [0.3, 0.4) is 0 Å². The average molecular weight is 389 g/mol. The van der Waals surface area contributed by atoms with Crippen LogP contribution < -0.4 is 4.90 Å². The minimum absolute atomic E-state index is 0.258. The summed E-state index contributed by atoms with van der Waals surface area (Å²) in [6.45, 7) is 0. The third kappa shape index (κ3) is 3.02. The van der Waals surface area contributed by atoms with Crippen LogP contribution in [0.4, 0.5) is 11.4 Å². The fourth-order valence-corrected chi connectivity index (χ4v) is 3.40. The number of para-hydroxylation sites is 2. The van der Waals surface area contributed by atoms with Gasteiger partial charge < -0.3 is 4.90 Å². The number of ketones is 1. The van der Waals surface area contributed by atoms with Crippen molar-refractivity contribution in [3.05, 3.63) is 69.9 Å². The molecule has 0 aromatic heterocycles. The van der Waals surface area contributed by atoms with Gasteiger partial charge in [-0.15, -0.1) is 0 Å². The van der Waals surface area contributed by atoms with Gasteiger partial charge in [0.1, 0.15) is 0 Å². The minimum atomic E-state index is 0.258. The van der Waals surface area contributed by atoms with Crippen LogP contribution in [0.1, 0.15) is 19.3 Å². The van der Waals surface area contributed by atoms with Gasteiger partial charge in [-0.25, -0.2) is 0 Å². The van der Waals surface area contributed by atoms with Gasteiger partial charge in [0.25, 0.3) is 0 Å². The van der Waals surface area contributed by atoms with Crippen molar-refractivity contribution >= 4 is 39.7 Å². The fourth-order valence-electron chi connectivity index (χ4n) is 2.62. The van der Waals surface area contributed by atoms with E-state index < -0.39 is 0 Å². The Bertz CT molecular complexity index is 625. The summed E-state index contributed by atoms with van der Waals surface area (Å²) >= 11 is 2.20. The molecule has 21 heavy (non-hydrogen) atoms. The normalized spacial score (nSPS) is 15.2. The largest absolute Gasteiger partial charge is 0.313 e. The third-order valence-corrected chi connectivity index (χ3v) is 4.84. The number of allylic oxidation sites excluding steroid dienone is 2. The zero-order chi connectivity index (χ0) is 14.7. The number of benzene rings is 2. The molecule has 0 unspecified atom stereocenters. The molecule has 3 rings (SSSR count). The molecule has 0 fully saturated rings. The molecule has 0 saturated heterocycles. The summed E-state index contributed by atoms with van der Waals surface area (Å²) in [7, 11) is 0. The summed E-state index contributed by atoms with van der Waals surface area (Å²) in [4.78, 5) is 14.3. The summed E-state index contributed by atoms with van der Waals surface area (Å²) in [6.07, 6.45) is 2.53. The van der Waals surface area contributed by atoms with Crippen LogP contribution >= 0.6 is 22.6 Å². The molecule has 106 valence electrons. The van der Waals surface area contributed by atoms with Crippen molar-refractivity contribution in [2.24, 2.45) is 0 Å². The van der Waals surface area contributed by atoms with E-state index in [9.17, 15) is 4.79 Å². The Labute approximate surface area is 138 Å². The van der Waals surface area contributed by atoms with Crippen LogP contribution in [0.2, 0.25) is 0 Å². The highest BCUT2D eigenvalue weighted by Gasteiger charge is 2.24. The molecule has 0 N–H and O–H groups in total. The molecule has 2 nitrogen and oxygen atoms in total. The van der Waals surface area contributed by atoms with E-state index in [0.29, 0.717) is 6.42 Å². The number of anilines is 2. The second-order valence-corrected chi connectivity index (χ2v) is 6.12. The van der Waals surface area contributed by atoms with Crippen molar-refractivity contribution in [1.29, 1.82) is 0 Å². The summed E-state index contributed by atoms with van der Waals surface area (Å²) < 4.78 is 0.867. The van der Waals surface area contributed by atoms with Gasteiger partial charge in [-0.05, 0) is 59.7 Å². The Hall–Kier alpha value is -1.62. The Morgan fingerprint density at radius 3 is 1.86 bits per heavy atom. The van der Waals surface area contributed by atoms with E-state index in [-0.39, 0.29) is 5.78 Å². The van der Waals surface area contributed by atoms with Crippen molar-refractivity contribution in [3.8, 4) is 0 Å². The molecule has 1 aliphatic carbocycles. The average Bonchev–Trinajstić information content (AvgIpc) is 2.54. The Morgan fingerprint density at radius 2 is 1.33 bits per heavy atom. The highest BCUT2D eigenvalue weighted by Crippen LogP contribution is 2.37. The molecule has 0 radical (unpaired) electrons. The molecule has 1 aliphatic rings. The molecule has 3 heteroatoms. The Balaban J connectivity index is 2.14. The molecule has 0 heterocycles. The lowest BCUT2D eigenvalue weighted by molar-refractivity contribution is -0.115. The van der Waals surface area contributed by atoms with Gasteiger partial charge in [-0.1, -0.05) is 36.4 Å². The summed E-state index contributed by atoms with van der Waals surface area (Å²) in [5.41, 5.74) is 3.31. The maximum absolute atomic E-state index is 12.1. The van der Waals surface area contributed by atoms with Gasteiger partial charge in [-0.2, -0.15) is 0 Å². The van der Waals surface area contributed by atoms with Gasteiger partial charge >= 0.3 is 0 Å². The highest BCUT2D eigenvalue weighted by molar-refractivity contribution is 14.1. The summed E-state index contributed by atoms with van der Waals surface area (Å²) in [5.74, 6) is 0.258. The van der Waals surface area contributed by atoms with Crippen molar-refractivity contribution < 1.29 is 4.79 Å². The molecule has 0 aliphatic heterocycles. The number of rotatable bonds is 3. The van der Waals surface area contributed by atoms with Crippen LogP contribution in [0, 0.1) is 0 Å². The minimum Gasteiger partial charge on any atom is -0.313 e. The molecule has 0 atom stereocenters. The van der Waals surface area contributed by atoms with Crippen LogP contribution in [0.5, 0.6) is 0 Å². The molecule has 0 saturated carbocycles. The number of carbonyl (C=O) groups is 1. The van der Waals surface area contributed by atoms with Crippen LogP contribution in [-0.2, 0) is 4.79 Å². The molecule has 0 amide bonds. The molecule has 0 spiro atoms. The topological polar surface area (TPSA) is 20.3 Å². The third-order valence-electron chi connectivity index (χ3n) is 3.61. The predicted octanol–water partition coefficient (Wildman–Crippen LogP) is 5.22. The summed E-state index contributed by atoms with van der Waals surface area (Å²) in [5, 5.41) is 0. The standard InChI is InChI=1S/C18H16INO/c19-18-16(12-7-13-17(18)21)20(14-8-3-1-4-9-14)15-10-5-2-6-11-15/h1-6,8-11H,7,12-13H2. The van der Waals surface area contributed by atoms with Crippen LogP contribution in [0.25, 0.3) is 0 Å². The lowest BCUT2D eigenvalue weighted by Gasteiger charge is -2.30.